The Bertz CT molecular complexity index is 229. The van der Waals surface area contributed by atoms with E-state index in [-0.39, 0.29) is 17.8 Å². The average molecular weight is 259 g/mol. The van der Waals surface area contributed by atoms with E-state index >= 15 is 0 Å². The summed E-state index contributed by atoms with van der Waals surface area (Å²) in [6, 6.07) is 0. The number of hydrogen-bond donors (Lipinski definition) is 1. The molecule has 0 aliphatic carbocycles. The second-order valence-corrected chi connectivity index (χ2v) is 5.26. The van der Waals surface area contributed by atoms with E-state index in [4.69, 9.17) is 9.47 Å². The molecular weight excluding hydrogens is 230 g/mol. The molecule has 0 radical (unpaired) electrons. The summed E-state index contributed by atoms with van der Waals surface area (Å²) >= 11 is 0. The molecule has 0 rings (SSSR count). The zero-order chi connectivity index (χ0) is 14.0. The molecular formula is C14H29NO3. The lowest BCUT2D eigenvalue weighted by atomic mass is 10.0. The Labute approximate surface area is 111 Å². The number of carbonyl (C=O) groups is 1. The molecule has 0 aromatic carbocycles. The quantitative estimate of drug-likeness (QED) is 0.645. The summed E-state index contributed by atoms with van der Waals surface area (Å²) in [6.45, 7) is 11.5. The Morgan fingerprint density at radius 2 is 2.00 bits per heavy atom. The van der Waals surface area contributed by atoms with E-state index in [0.717, 1.165) is 25.7 Å². The van der Waals surface area contributed by atoms with Crippen LogP contribution in [0.3, 0.4) is 0 Å². The third-order valence-electron chi connectivity index (χ3n) is 2.82. The SMILES string of the molecule is CCCC(C)(C)OCCCNC(=O)OC(C)CC. The monoisotopic (exact) mass is 259 g/mol. The lowest BCUT2D eigenvalue weighted by Crippen LogP contribution is -2.30. The maximum Gasteiger partial charge on any atom is 0.407 e. The van der Waals surface area contributed by atoms with Gasteiger partial charge in [-0.3, -0.25) is 0 Å². The normalized spacial score (nSPS) is 13.2. The molecule has 0 aromatic rings. The van der Waals surface area contributed by atoms with Crippen LogP contribution in [-0.4, -0.2) is 30.9 Å². The number of ether oxygens (including phenoxy) is 2. The first kappa shape index (κ1) is 17.2. The van der Waals surface area contributed by atoms with Crippen LogP contribution >= 0.6 is 0 Å². The zero-order valence-electron chi connectivity index (χ0n) is 12.5. The lowest BCUT2D eigenvalue weighted by molar-refractivity contribution is -0.0246. The molecule has 108 valence electrons. The van der Waals surface area contributed by atoms with Gasteiger partial charge in [-0.15, -0.1) is 0 Å². The number of carbonyl (C=O) groups excluding carboxylic acids is 1. The van der Waals surface area contributed by atoms with Gasteiger partial charge < -0.3 is 14.8 Å². The van der Waals surface area contributed by atoms with Gasteiger partial charge in [-0.2, -0.15) is 0 Å². The molecule has 0 fully saturated rings. The first-order valence-corrected chi connectivity index (χ1v) is 6.99. The van der Waals surface area contributed by atoms with Gasteiger partial charge in [0.25, 0.3) is 0 Å². The molecule has 0 saturated carbocycles. The highest BCUT2D eigenvalue weighted by atomic mass is 16.6. The molecule has 0 aromatic heterocycles. The predicted octanol–water partition coefficient (Wildman–Crippen LogP) is 3.50. The third kappa shape index (κ3) is 9.28. The van der Waals surface area contributed by atoms with Gasteiger partial charge in [0.15, 0.2) is 0 Å². The van der Waals surface area contributed by atoms with Crippen LogP contribution < -0.4 is 5.32 Å². The van der Waals surface area contributed by atoms with Gasteiger partial charge in [0.1, 0.15) is 6.10 Å². The molecule has 0 bridgehead atoms. The minimum absolute atomic E-state index is 0.0234. The smallest absolute Gasteiger partial charge is 0.407 e. The van der Waals surface area contributed by atoms with Gasteiger partial charge >= 0.3 is 6.09 Å². The van der Waals surface area contributed by atoms with Crippen LogP contribution in [0.1, 0.15) is 60.3 Å². The fourth-order valence-electron chi connectivity index (χ4n) is 1.59. The molecule has 1 amide bonds. The van der Waals surface area contributed by atoms with Gasteiger partial charge in [-0.25, -0.2) is 4.79 Å². The van der Waals surface area contributed by atoms with Gasteiger partial charge in [-0.05, 0) is 40.0 Å². The number of nitrogens with one attached hydrogen (secondary N) is 1. The van der Waals surface area contributed by atoms with E-state index in [0.29, 0.717) is 13.2 Å². The van der Waals surface area contributed by atoms with E-state index in [1.165, 1.54) is 0 Å². The Kier molecular flexibility index (Phi) is 8.81. The Balaban J connectivity index is 3.53. The molecule has 0 saturated heterocycles. The summed E-state index contributed by atoms with van der Waals surface area (Å²) in [5.41, 5.74) is -0.0635. The van der Waals surface area contributed by atoms with Crippen molar-refractivity contribution in [1.82, 2.24) is 5.32 Å². The van der Waals surface area contributed by atoms with Crippen molar-refractivity contribution in [3.63, 3.8) is 0 Å². The molecule has 0 aliphatic heterocycles. The van der Waals surface area contributed by atoms with Gasteiger partial charge in [0.2, 0.25) is 0 Å². The van der Waals surface area contributed by atoms with E-state index in [1.54, 1.807) is 0 Å². The molecule has 0 heterocycles. The first-order valence-electron chi connectivity index (χ1n) is 6.99. The first-order chi connectivity index (χ1) is 8.41. The van der Waals surface area contributed by atoms with Crippen molar-refractivity contribution in [2.45, 2.75) is 72.0 Å². The molecule has 4 heteroatoms. The van der Waals surface area contributed by atoms with Crippen molar-refractivity contribution in [2.24, 2.45) is 0 Å². The van der Waals surface area contributed by atoms with Crippen molar-refractivity contribution < 1.29 is 14.3 Å². The fourth-order valence-corrected chi connectivity index (χ4v) is 1.59. The van der Waals surface area contributed by atoms with Gasteiger partial charge in [0, 0.05) is 13.2 Å². The molecule has 1 N–H and O–H groups in total. The standard InChI is InChI=1S/C14H29NO3/c1-6-9-14(4,5)17-11-8-10-15-13(16)18-12(3)7-2/h12H,6-11H2,1-5H3,(H,15,16). The summed E-state index contributed by atoms with van der Waals surface area (Å²) < 4.78 is 10.9. The minimum Gasteiger partial charge on any atom is -0.447 e. The van der Waals surface area contributed by atoms with Crippen LogP contribution in [0.5, 0.6) is 0 Å². The van der Waals surface area contributed by atoms with Crippen LogP contribution in [0.15, 0.2) is 0 Å². The largest absolute Gasteiger partial charge is 0.447 e. The number of amides is 1. The third-order valence-corrected chi connectivity index (χ3v) is 2.82. The van der Waals surface area contributed by atoms with E-state index in [2.05, 4.69) is 26.1 Å². The minimum atomic E-state index is -0.336. The molecule has 0 aliphatic rings. The van der Waals surface area contributed by atoms with Crippen molar-refractivity contribution in [3.05, 3.63) is 0 Å². The second-order valence-electron chi connectivity index (χ2n) is 5.26. The number of alkyl carbamates (subject to hydrolysis) is 1. The van der Waals surface area contributed by atoms with Crippen molar-refractivity contribution in [2.75, 3.05) is 13.2 Å². The van der Waals surface area contributed by atoms with Crippen LogP contribution in [0.25, 0.3) is 0 Å². The van der Waals surface area contributed by atoms with E-state index in [9.17, 15) is 4.79 Å². The summed E-state index contributed by atoms with van der Waals surface area (Å²) in [7, 11) is 0. The molecule has 1 unspecified atom stereocenters. The Morgan fingerprint density at radius 3 is 2.56 bits per heavy atom. The zero-order valence-corrected chi connectivity index (χ0v) is 12.5. The maximum atomic E-state index is 11.3. The molecule has 18 heavy (non-hydrogen) atoms. The number of rotatable bonds is 9. The molecule has 4 nitrogen and oxygen atoms in total. The predicted molar refractivity (Wildman–Crippen MR) is 73.8 cm³/mol. The van der Waals surface area contributed by atoms with E-state index in [1.807, 2.05) is 13.8 Å². The van der Waals surface area contributed by atoms with Gasteiger partial charge in [0.05, 0.1) is 5.60 Å². The van der Waals surface area contributed by atoms with Crippen molar-refractivity contribution in [1.29, 1.82) is 0 Å². The highest BCUT2D eigenvalue weighted by Crippen LogP contribution is 2.16. The Hall–Kier alpha value is -0.770. The van der Waals surface area contributed by atoms with Crippen molar-refractivity contribution >= 4 is 6.09 Å². The van der Waals surface area contributed by atoms with Gasteiger partial charge in [-0.1, -0.05) is 20.3 Å². The van der Waals surface area contributed by atoms with Crippen LogP contribution in [0.2, 0.25) is 0 Å². The lowest BCUT2D eigenvalue weighted by Gasteiger charge is -2.24. The number of hydrogen-bond acceptors (Lipinski definition) is 3. The van der Waals surface area contributed by atoms with Crippen LogP contribution in [0, 0.1) is 0 Å². The summed E-state index contributed by atoms with van der Waals surface area (Å²) in [5, 5.41) is 2.72. The highest BCUT2D eigenvalue weighted by molar-refractivity contribution is 5.67. The Morgan fingerprint density at radius 1 is 1.33 bits per heavy atom. The van der Waals surface area contributed by atoms with Crippen molar-refractivity contribution in [3.8, 4) is 0 Å². The average Bonchev–Trinajstić information content (AvgIpc) is 2.28. The fraction of sp³-hybridized carbons (Fsp3) is 0.929. The molecule has 0 spiro atoms. The highest BCUT2D eigenvalue weighted by Gasteiger charge is 2.16. The van der Waals surface area contributed by atoms with E-state index < -0.39 is 0 Å². The second kappa shape index (κ2) is 9.20. The summed E-state index contributed by atoms with van der Waals surface area (Å²) in [5.74, 6) is 0. The van der Waals surface area contributed by atoms with Crippen LogP contribution in [-0.2, 0) is 9.47 Å². The van der Waals surface area contributed by atoms with Crippen LogP contribution in [0.4, 0.5) is 4.79 Å². The topological polar surface area (TPSA) is 47.6 Å². The summed E-state index contributed by atoms with van der Waals surface area (Å²) in [6.07, 6.45) is 3.45. The maximum absolute atomic E-state index is 11.3. The summed E-state index contributed by atoms with van der Waals surface area (Å²) in [4.78, 5) is 11.3. The molecule has 1 atom stereocenters.